The zero-order chi connectivity index (χ0) is 21.8. The van der Waals surface area contributed by atoms with Crippen LogP contribution < -0.4 is 0 Å². The van der Waals surface area contributed by atoms with Crippen molar-refractivity contribution in [3.8, 4) is 5.75 Å². The summed E-state index contributed by atoms with van der Waals surface area (Å²) in [5.74, 6) is 0.0775. The Morgan fingerprint density at radius 2 is 1.68 bits per heavy atom. The van der Waals surface area contributed by atoms with Crippen LogP contribution in [0.2, 0.25) is 0 Å². The van der Waals surface area contributed by atoms with Crippen LogP contribution in [0.3, 0.4) is 0 Å². The largest absolute Gasteiger partial charge is 0.507 e. The maximum Gasteiger partial charge on any atom is 0.153 e. The van der Waals surface area contributed by atoms with Crippen LogP contribution in [-0.4, -0.2) is 36.0 Å². The highest BCUT2D eigenvalue weighted by molar-refractivity contribution is 5.80. The van der Waals surface area contributed by atoms with Crippen LogP contribution in [-0.2, 0) is 16.9 Å². The van der Waals surface area contributed by atoms with Gasteiger partial charge in [-0.15, -0.1) is 0 Å². The number of ether oxygens (including phenoxy) is 1. The van der Waals surface area contributed by atoms with Gasteiger partial charge in [-0.1, -0.05) is 66.7 Å². The first-order valence-electron chi connectivity index (χ1n) is 10.8. The van der Waals surface area contributed by atoms with Crippen molar-refractivity contribution in [2.75, 3.05) is 13.7 Å². The number of hydrogen-bond donors (Lipinski definition) is 1. The van der Waals surface area contributed by atoms with Gasteiger partial charge in [0, 0.05) is 25.3 Å². The normalized spacial score (nSPS) is 17.0. The minimum absolute atomic E-state index is 0.0775. The number of carbonyl (C=O) groups is 1. The summed E-state index contributed by atoms with van der Waals surface area (Å²) in [5.41, 5.74) is 3.68. The molecule has 0 amide bonds. The van der Waals surface area contributed by atoms with Gasteiger partial charge in [-0.25, -0.2) is 0 Å². The minimum atomic E-state index is -0.633. The molecule has 1 heterocycles. The Morgan fingerprint density at radius 3 is 2.23 bits per heavy atom. The number of aromatic hydroxyl groups is 1. The molecule has 4 nitrogen and oxygen atoms in total. The molecule has 1 aliphatic rings. The second kappa shape index (κ2) is 9.04. The number of benzene rings is 3. The van der Waals surface area contributed by atoms with Gasteiger partial charge < -0.3 is 9.84 Å². The van der Waals surface area contributed by atoms with E-state index in [1.54, 1.807) is 13.2 Å². The molecule has 0 unspecified atom stereocenters. The molecular weight excluding hydrogens is 386 g/mol. The van der Waals surface area contributed by atoms with Crippen molar-refractivity contribution in [3.63, 3.8) is 0 Å². The fourth-order valence-corrected chi connectivity index (χ4v) is 5.08. The number of aryl methyl sites for hydroxylation is 1. The lowest BCUT2D eigenvalue weighted by Crippen LogP contribution is -2.49. The van der Waals surface area contributed by atoms with E-state index >= 15 is 0 Å². The van der Waals surface area contributed by atoms with E-state index in [0.717, 1.165) is 47.9 Å². The fourth-order valence-electron chi connectivity index (χ4n) is 5.08. The summed E-state index contributed by atoms with van der Waals surface area (Å²) in [6.45, 7) is 3.41. The lowest BCUT2D eigenvalue weighted by atomic mass is 9.78. The number of phenolic OH excluding ortho intramolecular Hbond substituents is 1. The van der Waals surface area contributed by atoms with E-state index < -0.39 is 5.60 Å². The molecule has 0 bridgehead atoms. The van der Waals surface area contributed by atoms with Gasteiger partial charge in [-0.2, -0.15) is 0 Å². The molecule has 0 spiro atoms. The van der Waals surface area contributed by atoms with E-state index in [2.05, 4.69) is 29.2 Å². The van der Waals surface area contributed by atoms with Crippen LogP contribution in [0.25, 0.3) is 0 Å². The maximum atomic E-state index is 11.4. The van der Waals surface area contributed by atoms with Crippen molar-refractivity contribution >= 4 is 6.29 Å². The maximum absolute atomic E-state index is 11.4. The highest BCUT2D eigenvalue weighted by Gasteiger charge is 2.47. The van der Waals surface area contributed by atoms with Crippen LogP contribution >= 0.6 is 0 Å². The molecule has 31 heavy (non-hydrogen) atoms. The van der Waals surface area contributed by atoms with Gasteiger partial charge in [-0.3, -0.25) is 9.69 Å². The second-order valence-corrected chi connectivity index (χ2v) is 8.28. The highest BCUT2D eigenvalue weighted by atomic mass is 16.5. The Hall–Kier alpha value is -2.95. The number of nitrogens with zero attached hydrogens (tertiary/aromatic N) is 1. The van der Waals surface area contributed by atoms with Gasteiger partial charge in [-0.05, 0) is 49.1 Å². The van der Waals surface area contributed by atoms with Crippen LogP contribution in [0, 0.1) is 6.92 Å². The number of likely N-dealkylation sites (tertiary alicyclic amines) is 1. The molecule has 0 saturated carbocycles. The first-order valence-corrected chi connectivity index (χ1v) is 10.8. The zero-order valence-electron chi connectivity index (χ0n) is 18.1. The Kier molecular flexibility index (Phi) is 6.21. The number of phenols is 1. The Morgan fingerprint density at radius 1 is 1.06 bits per heavy atom. The predicted octanol–water partition coefficient (Wildman–Crippen LogP) is 5.07. The van der Waals surface area contributed by atoms with Gasteiger partial charge in [0.1, 0.15) is 11.4 Å². The number of hydrogen-bond acceptors (Lipinski definition) is 4. The van der Waals surface area contributed by atoms with Gasteiger partial charge in [0.05, 0.1) is 5.56 Å². The highest BCUT2D eigenvalue weighted by Crippen LogP contribution is 2.44. The summed E-state index contributed by atoms with van der Waals surface area (Å²) in [6.07, 6.45) is 2.74. The number of aldehydes is 1. The molecule has 1 atom stereocenters. The molecule has 3 aromatic carbocycles. The minimum Gasteiger partial charge on any atom is -0.507 e. The Balaban J connectivity index is 1.79. The van der Waals surface area contributed by atoms with Gasteiger partial charge >= 0.3 is 0 Å². The third-order valence-electron chi connectivity index (χ3n) is 6.42. The lowest BCUT2D eigenvalue weighted by Gasteiger charge is -2.43. The van der Waals surface area contributed by atoms with E-state index in [1.807, 2.05) is 49.4 Å². The van der Waals surface area contributed by atoms with E-state index in [4.69, 9.17) is 4.74 Å². The predicted molar refractivity (Wildman–Crippen MR) is 122 cm³/mol. The molecule has 0 aliphatic carbocycles. The molecule has 1 saturated heterocycles. The van der Waals surface area contributed by atoms with Crippen LogP contribution in [0.5, 0.6) is 5.75 Å². The van der Waals surface area contributed by atoms with Crippen molar-refractivity contribution in [2.24, 2.45) is 0 Å². The van der Waals surface area contributed by atoms with E-state index in [0.29, 0.717) is 12.1 Å². The molecule has 1 N–H and O–H groups in total. The summed E-state index contributed by atoms with van der Waals surface area (Å²) in [4.78, 5) is 13.8. The van der Waals surface area contributed by atoms with Crippen molar-refractivity contribution in [1.82, 2.24) is 4.90 Å². The average molecular weight is 416 g/mol. The quantitative estimate of drug-likeness (QED) is 0.548. The zero-order valence-corrected chi connectivity index (χ0v) is 18.1. The molecule has 160 valence electrons. The Bertz CT molecular complexity index is 994. The molecular formula is C27H29NO3. The molecule has 4 heteroatoms. The van der Waals surface area contributed by atoms with Crippen molar-refractivity contribution in [3.05, 3.63) is 101 Å². The molecule has 1 aliphatic heterocycles. The molecule has 0 aromatic heterocycles. The smallest absolute Gasteiger partial charge is 0.153 e. The van der Waals surface area contributed by atoms with Crippen LogP contribution in [0.4, 0.5) is 0 Å². The van der Waals surface area contributed by atoms with Crippen molar-refractivity contribution in [2.45, 2.75) is 38.0 Å². The van der Waals surface area contributed by atoms with E-state index in [-0.39, 0.29) is 11.8 Å². The molecule has 0 radical (unpaired) electrons. The monoisotopic (exact) mass is 415 g/mol. The summed E-state index contributed by atoms with van der Waals surface area (Å²) < 4.78 is 6.40. The number of carbonyl (C=O) groups excluding carboxylic acids is 1. The number of rotatable bonds is 7. The lowest BCUT2D eigenvalue weighted by molar-refractivity contribution is -0.0442. The molecule has 1 fully saturated rings. The third kappa shape index (κ3) is 3.89. The second-order valence-electron chi connectivity index (χ2n) is 8.28. The first-order chi connectivity index (χ1) is 15.1. The van der Waals surface area contributed by atoms with Gasteiger partial charge in [0.25, 0.3) is 0 Å². The van der Waals surface area contributed by atoms with Crippen molar-refractivity contribution in [1.29, 1.82) is 0 Å². The molecule has 3 aromatic rings. The standard InChI is InChI=1S/C27H29NO3/c1-20-16-21(26(30)22(17-20)19-29)18-28-15-9-14-25(28)27(31-2,23-10-5-3-6-11-23)24-12-7-4-8-13-24/h3-8,10-13,16-17,19,25,30H,9,14-15,18H2,1-2H3/t25-/m0/s1. The average Bonchev–Trinajstić information content (AvgIpc) is 3.27. The Labute approximate surface area is 184 Å². The number of methoxy groups -OCH3 is 1. The summed E-state index contributed by atoms with van der Waals surface area (Å²) in [7, 11) is 1.78. The summed E-state index contributed by atoms with van der Waals surface area (Å²) in [5, 5.41) is 10.7. The fraction of sp³-hybridized carbons (Fsp3) is 0.296. The van der Waals surface area contributed by atoms with Crippen LogP contribution in [0.15, 0.2) is 72.8 Å². The SMILES string of the molecule is COC(c1ccccc1)(c1ccccc1)[C@@H]1CCCN1Cc1cc(C)cc(C=O)c1O. The van der Waals surface area contributed by atoms with E-state index in [9.17, 15) is 9.90 Å². The summed E-state index contributed by atoms with van der Waals surface area (Å²) >= 11 is 0. The van der Waals surface area contributed by atoms with Gasteiger partial charge in [0.2, 0.25) is 0 Å². The van der Waals surface area contributed by atoms with Crippen molar-refractivity contribution < 1.29 is 14.6 Å². The summed E-state index contributed by atoms with van der Waals surface area (Å²) in [6, 6.07) is 24.5. The van der Waals surface area contributed by atoms with Gasteiger partial charge in [0.15, 0.2) is 6.29 Å². The molecule has 4 rings (SSSR count). The topological polar surface area (TPSA) is 49.8 Å². The van der Waals surface area contributed by atoms with Crippen LogP contribution in [0.1, 0.15) is 45.5 Å². The third-order valence-corrected chi connectivity index (χ3v) is 6.42. The van der Waals surface area contributed by atoms with E-state index in [1.165, 1.54) is 0 Å². The first kappa shape index (κ1) is 21.3.